The molecular formula is C12H19BrN2S. The van der Waals surface area contributed by atoms with Gasteiger partial charge in [-0.15, -0.1) is 11.3 Å². The van der Waals surface area contributed by atoms with E-state index >= 15 is 0 Å². The van der Waals surface area contributed by atoms with Gasteiger partial charge in [-0.1, -0.05) is 6.92 Å². The fraction of sp³-hybridized carbons (Fsp3) is 0.667. The van der Waals surface area contributed by atoms with Crippen molar-refractivity contribution in [2.45, 2.75) is 19.9 Å². The number of halogens is 1. The lowest BCUT2D eigenvalue weighted by molar-refractivity contribution is 0.128. The summed E-state index contributed by atoms with van der Waals surface area (Å²) in [6.45, 7) is 9.52. The van der Waals surface area contributed by atoms with Crippen LogP contribution < -0.4 is 0 Å². The molecule has 2 rings (SSSR count). The van der Waals surface area contributed by atoms with Gasteiger partial charge < -0.3 is 4.90 Å². The minimum atomic E-state index is 1.11. The van der Waals surface area contributed by atoms with Crippen molar-refractivity contribution in [3.05, 3.63) is 20.8 Å². The maximum atomic E-state index is 3.60. The van der Waals surface area contributed by atoms with E-state index in [4.69, 9.17) is 0 Å². The Morgan fingerprint density at radius 2 is 1.94 bits per heavy atom. The van der Waals surface area contributed by atoms with Gasteiger partial charge in [0.2, 0.25) is 0 Å². The number of thiophene rings is 1. The van der Waals surface area contributed by atoms with Crippen LogP contribution >= 0.6 is 27.3 Å². The molecule has 0 amide bonds. The fourth-order valence-electron chi connectivity index (χ4n) is 2.13. The second-order valence-corrected chi connectivity index (χ2v) is 6.16. The quantitative estimate of drug-likeness (QED) is 0.843. The summed E-state index contributed by atoms with van der Waals surface area (Å²) >= 11 is 5.46. The normalized spacial score (nSPS) is 19.1. The van der Waals surface area contributed by atoms with Crippen LogP contribution in [0.25, 0.3) is 0 Å². The van der Waals surface area contributed by atoms with Gasteiger partial charge in [0, 0.05) is 42.1 Å². The first kappa shape index (κ1) is 12.6. The highest BCUT2D eigenvalue weighted by molar-refractivity contribution is 9.10. The Bertz CT molecular complexity index is 319. The van der Waals surface area contributed by atoms with Crippen molar-refractivity contribution in [1.29, 1.82) is 0 Å². The summed E-state index contributed by atoms with van der Waals surface area (Å²) in [5.74, 6) is 0. The Balaban J connectivity index is 1.79. The Hall–Kier alpha value is 0.100. The molecular weight excluding hydrogens is 284 g/mol. The molecule has 1 aliphatic rings. The molecule has 2 heterocycles. The van der Waals surface area contributed by atoms with Crippen molar-refractivity contribution in [3.8, 4) is 0 Å². The summed E-state index contributed by atoms with van der Waals surface area (Å²) in [6, 6.07) is 2.15. The number of rotatable bonds is 4. The summed E-state index contributed by atoms with van der Waals surface area (Å²) in [5, 5.41) is 2.16. The first-order valence-corrected chi connectivity index (χ1v) is 7.63. The van der Waals surface area contributed by atoms with E-state index in [-0.39, 0.29) is 0 Å². The van der Waals surface area contributed by atoms with Crippen molar-refractivity contribution in [2.75, 3.05) is 32.7 Å². The van der Waals surface area contributed by atoms with E-state index in [0.717, 1.165) is 6.54 Å². The predicted octanol–water partition coefficient (Wildman–Crippen LogP) is 3.04. The number of piperazine rings is 1. The summed E-state index contributed by atoms with van der Waals surface area (Å²) in [5.41, 5.74) is 0. The average Bonchev–Trinajstić information content (AvgIpc) is 2.68. The molecule has 1 saturated heterocycles. The van der Waals surface area contributed by atoms with Crippen LogP contribution in [0.2, 0.25) is 0 Å². The van der Waals surface area contributed by atoms with Crippen LogP contribution in [-0.2, 0) is 6.54 Å². The molecule has 16 heavy (non-hydrogen) atoms. The SMILES string of the molecule is CCCN1CCN(Cc2sccc2Br)CC1. The van der Waals surface area contributed by atoms with Crippen molar-refractivity contribution in [2.24, 2.45) is 0 Å². The molecule has 4 heteroatoms. The maximum Gasteiger partial charge on any atom is 0.0340 e. The Morgan fingerprint density at radius 3 is 2.50 bits per heavy atom. The fourth-order valence-corrected chi connectivity index (χ4v) is 3.65. The van der Waals surface area contributed by atoms with Crippen LogP contribution in [-0.4, -0.2) is 42.5 Å². The smallest absolute Gasteiger partial charge is 0.0340 e. The third kappa shape index (κ3) is 3.29. The topological polar surface area (TPSA) is 6.48 Å². The number of nitrogens with zero attached hydrogens (tertiary/aromatic N) is 2. The molecule has 0 saturated carbocycles. The van der Waals surface area contributed by atoms with E-state index in [0.29, 0.717) is 0 Å². The molecule has 0 aliphatic carbocycles. The second-order valence-electron chi connectivity index (χ2n) is 4.31. The average molecular weight is 303 g/mol. The van der Waals surface area contributed by atoms with Gasteiger partial charge in [-0.25, -0.2) is 0 Å². The molecule has 0 N–H and O–H groups in total. The third-order valence-electron chi connectivity index (χ3n) is 3.06. The second kappa shape index (κ2) is 6.15. The van der Waals surface area contributed by atoms with Gasteiger partial charge in [0.1, 0.15) is 0 Å². The van der Waals surface area contributed by atoms with Gasteiger partial charge in [-0.3, -0.25) is 4.90 Å². The van der Waals surface area contributed by atoms with Gasteiger partial charge >= 0.3 is 0 Å². The van der Waals surface area contributed by atoms with E-state index in [1.165, 1.54) is 48.5 Å². The summed E-state index contributed by atoms with van der Waals surface area (Å²) in [7, 11) is 0. The zero-order valence-electron chi connectivity index (χ0n) is 9.79. The van der Waals surface area contributed by atoms with Crippen LogP contribution in [0.5, 0.6) is 0 Å². The molecule has 1 aromatic heterocycles. The van der Waals surface area contributed by atoms with E-state index in [2.05, 4.69) is 44.1 Å². The summed E-state index contributed by atoms with van der Waals surface area (Å²) in [4.78, 5) is 6.59. The van der Waals surface area contributed by atoms with Crippen LogP contribution in [0.1, 0.15) is 18.2 Å². The lowest BCUT2D eigenvalue weighted by Gasteiger charge is -2.34. The molecule has 1 fully saturated rings. The maximum absolute atomic E-state index is 3.60. The third-order valence-corrected chi connectivity index (χ3v) is 4.97. The molecule has 1 aliphatic heterocycles. The van der Waals surface area contributed by atoms with Crippen LogP contribution in [0.3, 0.4) is 0 Å². The molecule has 0 radical (unpaired) electrons. The highest BCUT2D eigenvalue weighted by atomic mass is 79.9. The Kier molecular flexibility index (Phi) is 4.82. The van der Waals surface area contributed by atoms with Crippen molar-refractivity contribution >= 4 is 27.3 Å². The molecule has 0 atom stereocenters. The first-order valence-electron chi connectivity index (χ1n) is 5.96. The van der Waals surface area contributed by atoms with Crippen molar-refractivity contribution < 1.29 is 0 Å². The number of hydrogen-bond acceptors (Lipinski definition) is 3. The van der Waals surface area contributed by atoms with E-state index in [9.17, 15) is 0 Å². The van der Waals surface area contributed by atoms with E-state index in [1.54, 1.807) is 0 Å². The minimum Gasteiger partial charge on any atom is -0.301 e. The summed E-state index contributed by atoms with van der Waals surface area (Å²) < 4.78 is 1.27. The van der Waals surface area contributed by atoms with Gasteiger partial charge in [0.15, 0.2) is 0 Å². The van der Waals surface area contributed by atoms with Gasteiger partial charge in [0.05, 0.1) is 0 Å². The van der Waals surface area contributed by atoms with Crippen molar-refractivity contribution in [3.63, 3.8) is 0 Å². The minimum absolute atomic E-state index is 1.11. The standard InChI is InChI=1S/C12H19BrN2S/c1-2-4-14-5-7-15(8-6-14)10-12-11(13)3-9-16-12/h3,9H,2,4-8,10H2,1H3. The van der Waals surface area contributed by atoms with Crippen LogP contribution in [0.4, 0.5) is 0 Å². The van der Waals surface area contributed by atoms with Gasteiger partial charge in [0.25, 0.3) is 0 Å². The van der Waals surface area contributed by atoms with Gasteiger partial charge in [-0.05, 0) is 40.3 Å². The zero-order chi connectivity index (χ0) is 11.4. The molecule has 0 bridgehead atoms. The molecule has 2 nitrogen and oxygen atoms in total. The molecule has 0 aromatic carbocycles. The van der Waals surface area contributed by atoms with Gasteiger partial charge in [-0.2, -0.15) is 0 Å². The highest BCUT2D eigenvalue weighted by Crippen LogP contribution is 2.24. The Labute approximate surface area is 110 Å². The highest BCUT2D eigenvalue weighted by Gasteiger charge is 2.17. The van der Waals surface area contributed by atoms with Crippen LogP contribution in [0.15, 0.2) is 15.9 Å². The van der Waals surface area contributed by atoms with Crippen molar-refractivity contribution in [1.82, 2.24) is 9.80 Å². The molecule has 1 aromatic rings. The Morgan fingerprint density at radius 1 is 1.25 bits per heavy atom. The largest absolute Gasteiger partial charge is 0.301 e. The first-order chi connectivity index (χ1) is 7.79. The summed E-state index contributed by atoms with van der Waals surface area (Å²) in [6.07, 6.45) is 1.27. The lowest BCUT2D eigenvalue weighted by atomic mass is 10.3. The number of hydrogen-bond donors (Lipinski definition) is 0. The van der Waals surface area contributed by atoms with E-state index in [1.807, 2.05) is 11.3 Å². The monoisotopic (exact) mass is 302 g/mol. The lowest BCUT2D eigenvalue weighted by Crippen LogP contribution is -2.45. The molecule has 90 valence electrons. The zero-order valence-corrected chi connectivity index (χ0v) is 12.2. The molecule has 0 spiro atoms. The van der Waals surface area contributed by atoms with Crippen LogP contribution in [0, 0.1) is 0 Å². The van der Waals surface area contributed by atoms with E-state index < -0.39 is 0 Å². The molecule has 0 unspecified atom stereocenters. The predicted molar refractivity (Wildman–Crippen MR) is 74.0 cm³/mol.